The lowest BCUT2D eigenvalue weighted by Crippen LogP contribution is -2.45. The molecule has 2 aliphatic heterocycles. The summed E-state index contributed by atoms with van der Waals surface area (Å²) in [6.07, 6.45) is 1.63. The van der Waals surface area contributed by atoms with Crippen molar-refractivity contribution in [3.8, 4) is 0 Å². The number of nitrogens with zero attached hydrogens (tertiary/aromatic N) is 3. The van der Waals surface area contributed by atoms with Gasteiger partial charge in [-0.25, -0.2) is 0 Å². The number of amides is 1. The molecule has 20 heavy (non-hydrogen) atoms. The molecule has 4 nitrogen and oxygen atoms in total. The van der Waals surface area contributed by atoms with Gasteiger partial charge in [-0.3, -0.25) is 4.79 Å². The molecule has 0 radical (unpaired) electrons. The third-order valence-corrected chi connectivity index (χ3v) is 4.43. The fourth-order valence-electron chi connectivity index (χ4n) is 3.06. The highest BCUT2D eigenvalue weighted by molar-refractivity contribution is 5.95. The summed E-state index contributed by atoms with van der Waals surface area (Å²) < 4.78 is 0. The van der Waals surface area contributed by atoms with E-state index in [1.807, 2.05) is 11.0 Å². The summed E-state index contributed by atoms with van der Waals surface area (Å²) >= 11 is 0. The van der Waals surface area contributed by atoms with E-state index in [1.165, 1.54) is 5.56 Å². The highest BCUT2D eigenvalue weighted by Crippen LogP contribution is 2.27. The number of hydrogen-bond acceptors (Lipinski definition) is 3. The minimum atomic E-state index is 0.272. The van der Waals surface area contributed by atoms with Gasteiger partial charge in [0.25, 0.3) is 0 Å². The Kier molecular flexibility index (Phi) is 4.03. The predicted octanol–water partition coefficient (Wildman–Crippen LogP) is 1.21. The van der Waals surface area contributed by atoms with Gasteiger partial charge in [-0.15, -0.1) is 0 Å². The summed E-state index contributed by atoms with van der Waals surface area (Å²) in [6, 6.07) is 8.26. The second-order valence-corrected chi connectivity index (χ2v) is 5.82. The normalized spacial score (nSPS) is 20.1. The lowest BCUT2D eigenvalue weighted by molar-refractivity contribution is -0.118. The van der Waals surface area contributed by atoms with Gasteiger partial charge in [0.1, 0.15) is 0 Å². The van der Waals surface area contributed by atoms with Crippen molar-refractivity contribution in [2.75, 3.05) is 51.2 Å². The molecule has 1 aromatic rings. The number of carbonyl (C=O) groups excluding carboxylic acids is 1. The van der Waals surface area contributed by atoms with Gasteiger partial charge in [-0.05, 0) is 25.1 Å². The predicted molar refractivity (Wildman–Crippen MR) is 81.1 cm³/mol. The minimum Gasteiger partial charge on any atom is -0.312 e. The first kappa shape index (κ1) is 13.6. The second kappa shape index (κ2) is 5.94. The zero-order chi connectivity index (χ0) is 13.9. The Bertz CT molecular complexity index is 480. The lowest BCUT2D eigenvalue weighted by atomic mass is 10.2. The SMILES string of the molecule is CN1CCN(CCC(=O)N2CCc3ccccc32)CC1. The molecule has 0 aliphatic carbocycles. The van der Waals surface area contributed by atoms with Crippen LogP contribution in [-0.4, -0.2) is 62.0 Å². The molecule has 1 fully saturated rings. The zero-order valence-electron chi connectivity index (χ0n) is 12.2. The van der Waals surface area contributed by atoms with Gasteiger partial charge in [-0.2, -0.15) is 0 Å². The van der Waals surface area contributed by atoms with Crippen LogP contribution in [0.2, 0.25) is 0 Å². The maximum Gasteiger partial charge on any atom is 0.228 e. The highest BCUT2D eigenvalue weighted by atomic mass is 16.2. The molecule has 0 spiro atoms. The van der Waals surface area contributed by atoms with E-state index in [-0.39, 0.29) is 5.91 Å². The Morgan fingerprint density at radius 3 is 2.65 bits per heavy atom. The smallest absolute Gasteiger partial charge is 0.228 e. The minimum absolute atomic E-state index is 0.272. The number of benzene rings is 1. The number of para-hydroxylation sites is 1. The lowest BCUT2D eigenvalue weighted by Gasteiger charge is -2.32. The summed E-state index contributed by atoms with van der Waals surface area (Å²) in [5.74, 6) is 0.272. The van der Waals surface area contributed by atoms with Crippen LogP contribution in [0.1, 0.15) is 12.0 Å². The van der Waals surface area contributed by atoms with Gasteiger partial charge >= 0.3 is 0 Å². The molecular formula is C16H23N3O. The van der Waals surface area contributed by atoms with Crippen LogP contribution in [0.25, 0.3) is 0 Å². The molecule has 1 aromatic carbocycles. The van der Waals surface area contributed by atoms with E-state index in [0.717, 1.165) is 51.4 Å². The van der Waals surface area contributed by atoms with Gasteiger partial charge in [-0.1, -0.05) is 18.2 Å². The van der Waals surface area contributed by atoms with Crippen molar-refractivity contribution in [2.24, 2.45) is 0 Å². The van der Waals surface area contributed by atoms with Crippen LogP contribution >= 0.6 is 0 Å². The summed E-state index contributed by atoms with van der Waals surface area (Å²) in [5.41, 5.74) is 2.43. The number of likely N-dealkylation sites (N-methyl/N-ethyl adjacent to an activating group) is 1. The van der Waals surface area contributed by atoms with Crippen LogP contribution in [0.3, 0.4) is 0 Å². The van der Waals surface area contributed by atoms with Crippen LogP contribution in [0.4, 0.5) is 5.69 Å². The molecule has 1 saturated heterocycles. The van der Waals surface area contributed by atoms with Gasteiger partial charge in [0, 0.05) is 51.4 Å². The van der Waals surface area contributed by atoms with E-state index in [1.54, 1.807) is 0 Å². The first-order chi connectivity index (χ1) is 9.74. The Morgan fingerprint density at radius 2 is 1.85 bits per heavy atom. The molecule has 2 aliphatic rings. The maximum absolute atomic E-state index is 12.4. The first-order valence-corrected chi connectivity index (χ1v) is 7.53. The van der Waals surface area contributed by atoms with Crippen LogP contribution in [0, 0.1) is 0 Å². The monoisotopic (exact) mass is 273 g/mol. The largest absolute Gasteiger partial charge is 0.312 e. The molecule has 4 heteroatoms. The Morgan fingerprint density at radius 1 is 1.10 bits per heavy atom. The number of anilines is 1. The molecule has 3 rings (SSSR count). The van der Waals surface area contributed by atoms with E-state index >= 15 is 0 Å². The average Bonchev–Trinajstić information content (AvgIpc) is 2.90. The number of hydrogen-bond donors (Lipinski definition) is 0. The molecule has 0 atom stereocenters. The van der Waals surface area contributed by atoms with Crippen LogP contribution in [0.5, 0.6) is 0 Å². The molecular weight excluding hydrogens is 250 g/mol. The highest BCUT2D eigenvalue weighted by Gasteiger charge is 2.24. The summed E-state index contributed by atoms with van der Waals surface area (Å²) in [6.45, 7) is 6.13. The molecule has 1 amide bonds. The van der Waals surface area contributed by atoms with Gasteiger partial charge in [0.2, 0.25) is 5.91 Å². The van der Waals surface area contributed by atoms with E-state index in [9.17, 15) is 4.79 Å². The summed E-state index contributed by atoms with van der Waals surface area (Å²) in [7, 11) is 2.16. The number of piperazine rings is 1. The molecule has 0 saturated carbocycles. The Labute approximate surface area is 121 Å². The fraction of sp³-hybridized carbons (Fsp3) is 0.562. The van der Waals surface area contributed by atoms with E-state index in [2.05, 4.69) is 35.0 Å². The Hall–Kier alpha value is -1.39. The summed E-state index contributed by atoms with van der Waals surface area (Å²) in [5, 5.41) is 0. The molecule has 2 heterocycles. The van der Waals surface area contributed by atoms with Gasteiger partial charge in [0.15, 0.2) is 0 Å². The van der Waals surface area contributed by atoms with E-state index in [4.69, 9.17) is 0 Å². The third-order valence-electron chi connectivity index (χ3n) is 4.43. The van der Waals surface area contributed by atoms with Gasteiger partial charge in [0.05, 0.1) is 0 Å². The van der Waals surface area contributed by atoms with E-state index in [0.29, 0.717) is 6.42 Å². The topological polar surface area (TPSA) is 26.8 Å². The standard InChI is InChI=1S/C16H23N3O/c1-17-10-12-18(13-11-17)8-7-16(20)19-9-6-14-4-2-3-5-15(14)19/h2-5H,6-13H2,1H3. The summed E-state index contributed by atoms with van der Waals surface area (Å²) in [4.78, 5) is 19.1. The van der Waals surface area contributed by atoms with Crippen LogP contribution < -0.4 is 4.90 Å². The van der Waals surface area contributed by atoms with Crippen LogP contribution in [0.15, 0.2) is 24.3 Å². The molecule has 0 N–H and O–H groups in total. The van der Waals surface area contributed by atoms with Crippen molar-refractivity contribution >= 4 is 11.6 Å². The third kappa shape index (κ3) is 2.86. The van der Waals surface area contributed by atoms with Crippen molar-refractivity contribution in [3.63, 3.8) is 0 Å². The Balaban J connectivity index is 1.53. The van der Waals surface area contributed by atoms with Crippen molar-refractivity contribution < 1.29 is 4.79 Å². The fourth-order valence-corrected chi connectivity index (χ4v) is 3.06. The zero-order valence-corrected chi connectivity index (χ0v) is 12.2. The van der Waals surface area contributed by atoms with Crippen molar-refractivity contribution in [2.45, 2.75) is 12.8 Å². The van der Waals surface area contributed by atoms with Crippen molar-refractivity contribution in [3.05, 3.63) is 29.8 Å². The first-order valence-electron chi connectivity index (χ1n) is 7.53. The molecule has 108 valence electrons. The maximum atomic E-state index is 12.4. The van der Waals surface area contributed by atoms with Gasteiger partial charge < -0.3 is 14.7 Å². The van der Waals surface area contributed by atoms with Crippen molar-refractivity contribution in [1.82, 2.24) is 9.80 Å². The quantitative estimate of drug-likeness (QED) is 0.828. The van der Waals surface area contributed by atoms with Crippen LogP contribution in [-0.2, 0) is 11.2 Å². The number of fused-ring (bicyclic) bond motifs is 1. The average molecular weight is 273 g/mol. The number of rotatable bonds is 3. The molecule has 0 bridgehead atoms. The number of carbonyl (C=O) groups is 1. The molecule has 0 unspecified atom stereocenters. The second-order valence-electron chi connectivity index (χ2n) is 5.82. The molecule has 0 aromatic heterocycles. The van der Waals surface area contributed by atoms with Crippen molar-refractivity contribution in [1.29, 1.82) is 0 Å². The van der Waals surface area contributed by atoms with E-state index < -0.39 is 0 Å².